The first-order chi connectivity index (χ1) is 16.7. The molecule has 1 amide bonds. The van der Waals surface area contributed by atoms with Crippen LogP contribution in [0.5, 0.6) is 17.2 Å². The normalized spacial score (nSPS) is 21.6. The van der Waals surface area contributed by atoms with Crippen LogP contribution in [0, 0.1) is 5.82 Å². The maximum absolute atomic E-state index is 14.6. The second kappa shape index (κ2) is 9.40. The number of ether oxygens (including phenoxy) is 3. The largest absolute Gasteiger partial charge is 0.496 e. The number of amides is 1. The number of hydrogen-bond acceptors (Lipinski definition) is 5. The summed E-state index contributed by atoms with van der Waals surface area (Å²) in [6.45, 7) is 3.21. The van der Waals surface area contributed by atoms with Crippen LogP contribution < -0.4 is 19.5 Å². The molecule has 35 heavy (non-hydrogen) atoms. The smallest absolute Gasteiger partial charge is 0.217 e. The molecule has 6 nitrogen and oxygen atoms in total. The molecule has 184 valence electrons. The fraction of sp³-hybridized carbons (Fsp3) is 0.296. The minimum Gasteiger partial charge on any atom is -0.496 e. The first-order valence-corrected chi connectivity index (χ1v) is 11.6. The van der Waals surface area contributed by atoms with E-state index >= 15 is 0 Å². The topological polar surface area (TPSA) is 77.0 Å². The van der Waals surface area contributed by atoms with Crippen LogP contribution >= 0.6 is 11.6 Å². The SMILES string of the molecule is CC[C@H](NC(C)=O)[C@@]1(O)c2c(OC)cc(OC)cc2O[C@@]1(c1ccc(Cl)cc1)c1cccc(F)c1. The lowest BCUT2D eigenvalue weighted by Crippen LogP contribution is -2.61. The Hall–Kier alpha value is -3.29. The number of fused-ring (bicyclic) bond motifs is 1. The van der Waals surface area contributed by atoms with Gasteiger partial charge in [0.1, 0.15) is 23.1 Å². The number of carbonyl (C=O) groups is 1. The van der Waals surface area contributed by atoms with E-state index in [0.717, 1.165) is 0 Å². The predicted molar refractivity (Wildman–Crippen MR) is 131 cm³/mol. The van der Waals surface area contributed by atoms with Crippen LogP contribution in [0.3, 0.4) is 0 Å². The summed E-state index contributed by atoms with van der Waals surface area (Å²) >= 11 is 6.18. The highest BCUT2D eigenvalue weighted by Crippen LogP contribution is 2.61. The number of rotatable bonds is 7. The van der Waals surface area contributed by atoms with Gasteiger partial charge in [0.05, 0.1) is 25.8 Å². The van der Waals surface area contributed by atoms with Crippen LogP contribution in [-0.4, -0.2) is 31.3 Å². The Labute approximate surface area is 208 Å². The van der Waals surface area contributed by atoms with Crippen molar-refractivity contribution in [2.24, 2.45) is 0 Å². The first kappa shape index (κ1) is 24.8. The Balaban J connectivity index is 2.16. The van der Waals surface area contributed by atoms with Gasteiger partial charge in [0.15, 0.2) is 11.2 Å². The highest BCUT2D eigenvalue weighted by molar-refractivity contribution is 6.30. The molecule has 0 bridgehead atoms. The van der Waals surface area contributed by atoms with Gasteiger partial charge >= 0.3 is 0 Å². The van der Waals surface area contributed by atoms with E-state index in [0.29, 0.717) is 39.6 Å². The number of benzene rings is 3. The third-order valence-corrected chi connectivity index (χ3v) is 6.70. The Morgan fingerprint density at radius 2 is 1.83 bits per heavy atom. The Morgan fingerprint density at radius 1 is 1.11 bits per heavy atom. The maximum atomic E-state index is 14.6. The average Bonchev–Trinajstić information content (AvgIpc) is 3.12. The maximum Gasteiger partial charge on any atom is 0.217 e. The molecule has 3 aromatic carbocycles. The summed E-state index contributed by atoms with van der Waals surface area (Å²) in [5.74, 6) is 0.191. The fourth-order valence-electron chi connectivity index (χ4n) is 5.00. The van der Waals surface area contributed by atoms with Crippen molar-refractivity contribution < 1.29 is 28.5 Å². The van der Waals surface area contributed by atoms with E-state index in [1.165, 1.54) is 33.3 Å². The molecule has 0 saturated heterocycles. The molecule has 1 aliphatic heterocycles. The standard InChI is InChI=1S/C27H27ClFNO5/c1-5-24(30-16(2)31)26(32)25-22(34-4)14-21(33-3)15-23(25)35-27(26,17-9-11-19(28)12-10-17)18-7-6-8-20(29)13-18/h6-15,24,32H,5H2,1-4H3,(H,30,31)/t24-,26+,27-/m0/s1. The van der Waals surface area contributed by atoms with Crippen LogP contribution in [0.15, 0.2) is 60.7 Å². The predicted octanol–water partition coefficient (Wildman–Crippen LogP) is 4.93. The molecule has 4 rings (SSSR count). The lowest BCUT2D eigenvalue weighted by molar-refractivity contribution is -0.136. The molecule has 8 heteroatoms. The van der Waals surface area contributed by atoms with Gasteiger partial charge in [0.2, 0.25) is 5.91 Å². The highest BCUT2D eigenvalue weighted by atomic mass is 35.5. The molecule has 1 heterocycles. The van der Waals surface area contributed by atoms with Crippen LogP contribution in [0.1, 0.15) is 37.0 Å². The van der Waals surface area contributed by atoms with Crippen LogP contribution in [-0.2, 0) is 16.0 Å². The summed E-state index contributed by atoms with van der Waals surface area (Å²) in [6.07, 6.45) is 0.332. The van der Waals surface area contributed by atoms with Gasteiger partial charge in [-0.2, -0.15) is 0 Å². The van der Waals surface area contributed by atoms with Gasteiger partial charge in [-0.1, -0.05) is 42.8 Å². The molecule has 0 saturated carbocycles. The van der Waals surface area contributed by atoms with Crippen molar-refractivity contribution in [2.75, 3.05) is 14.2 Å². The molecule has 0 unspecified atom stereocenters. The van der Waals surface area contributed by atoms with Crippen molar-refractivity contribution in [3.05, 3.63) is 88.2 Å². The van der Waals surface area contributed by atoms with Crippen LogP contribution in [0.25, 0.3) is 0 Å². The second-order valence-electron chi connectivity index (χ2n) is 8.43. The zero-order valence-corrected chi connectivity index (χ0v) is 20.7. The Bertz CT molecular complexity index is 1250. The zero-order valence-electron chi connectivity index (χ0n) is 19.9. The average molecular weight is 500 g/mol. The van der Waals surface area contributed by atoms with E-state index in [1.54, 1.807) is 48.5 Å². The number of aliphatic hydroxyl groups is 1. The van der Waals surface area contributed by atoms with E-state index in [2.05, 4.69) is 5.32 Å². The number of nitrogens with one attached hydrogen (secondary N) is 1. The number of methoxy groups -OCH3 is 2. The monoisotopic (exact) mass is 499 g/mol. The number of hydrogen-bond donors (Lipinski definition) is 2. The van der Waals surface area contributed by atoms with Crippen LogP contribution in [0.2, 0.25) is 5.02 Å². The molecule has 0 spiro atoms. The summed E-state index contributed by atoms with van der Waals surface area (Å²) in [4.78, 5) is 12.3. The lowest BCUT2D eigenvalue weighted by Gasteiger charge is -2.46. The van der Waals surface area contributed by atoms with E-state index in [4.69, 9.17) is 25.8 Å². The molecule has 3 atom stereocenters. The third kappa shape index (κ3) is 3.89. The minimum atomic E-state index is -1.93. The van der Waals surface area contributed by atoms with E-state index in [-0.39, 0.29) is 11.7 Å². The van der Waals surface area contributed by atoms with E-state index in [9.17, 15) is 14.3 Å². The van der Waals surface area contributed by atoms with Crippen molar-refractivity contribution in [3.8, 4) is 17.2 Å². The van der Waals surface area contributed by atoms with E-state index in [1.807, 2.05) is 6.92 Å². The summed E-state index contributed by atoms with van der Waals surface area (Å²) in [7, 11) is 2.98. The molecule has 3 aromatic rings. The zero-order chi connectivity index (χ0) is 25.4. The van der Waals surface area contributed by atoms with Gasteiger partial charge in [0.25, 0.3) is 0 Å². The quantitative estimate of drug-likeness (QED) is 0.482. The van der Waals surface area contributed by atoms with Crippen molar-refractivity contribution in [1.82, 2.24) is 5.32 Å². The summed E-state index contributed by atoms with van der Waals surface area (Å²) in [5.41, 5.74) is -2.42. The summed E-state index contributed by atoms with van der Waals surface area (Å²) in [5, 5.41) is 16.2. The Morgan fingerprint density at radius 3 is 2.40 bits per heavy atom. The molecule has 0 fully saturated rings. The molecule has 0 radical (unpaired) electrons. The van der Waals surface area contributed by atoms with Gasteiger partial charge in [0, 0.05) is 35.2 Å². The van der Waals surface area contributed by atoms with Crippen molar-refractivity contribution >= 4 is 17.5 Å². The number of halogens is 2. The fourth-order valence-corrected chi connectivity index (χ4v) is 5.13. The van der Waals surface area contributed by atoms with Gasteiger partial charge in [-0.25, -0.2) is 4.39 Å². The third-order valence-electron chi connectivity index (χ3n) is 6.45. The Kier molecular flexibility index (Phi) is 6.66. The molecule has 2 N–H and O–H groups in total. The van der Waals surface area contributed by atoms with E-state index < -0.39 is 23.1 Å². The molecular formula is C27H27ClFNO5. The number of carbonyl (C=O) groups excluding carboxylic acids is 1. The lowest BCUT2D eigenvalue weighted by atomic mass is 9.66. The van der Waals surface area contributed by atoms with Crippen LogP contribution in [0.4, 0.5) is 4.39 Å². The second-order valence-corrected chi connectivity index (χ2v) is 8.87. The van der Waals surface area contributed by atoms with Gasteiger partial charge in [-0.15, -0.1) is 0 Å². The minimum absolute atomic E-state index is 0.284. The molecule has 0 aromatic heterocycles. The highest BCUT2D eigenvalue weighted by Gasteiger charge is 2.66. The molecular weight excluding hydrogens is 473 g/mol. The van der Waals surface area contributed by atoms with Crippen molar-refractivity contribution in [2.45, 2.75) is 37.5 Å². The van der Waals surface area contributed by atoms with Gasteiger partial charge in [-0.05, 0) is 30.7 Å². The summed E-state index contributed by atoms with van der Waals surface area (Å²) < 4.78 is 32.4. The van der Waals surface area contributed by atoms with Crippen molar-refractivity contribution in [3.63, 3.8) is 0 Å². The summed E-state index contributed by atoms with van der Waals surface area (Å²) in [6, 6.07) is 15.1. The molecule has 1 aliphatic rings. The molecule has 0 aliphatic carbocycles. The van der Waals surface area contributed by atoms with Crippen molar-refractivity contribution in [1.29, 1.82) is 0 Å². The van der Waals surface area contributed by atoms with Gasteiger partial charge in [-0.3, -0.25) is 4.79 Å². The first-order valence-electron chi connectivity index (χ1n) is 11.2. The van der Waals surface area contributed by atoms with Gasteiger partial charge < -0.3 is 24.6 Å².